The minimum absolute atomic E-state index is 0.558. The van der Waals surface area contributed by atoms with Crippen LogP contribution in [0.25, 0.3) is 0 Å². The summed E-state index contributed by atoms with van der Waals surface area (Å²) < 4.78 is 43.9. The van der Waals surface area contributed by atoms with Crippen LogP contribution in [0, 0.1) is 5.16 Å². The molecule has 0 radical (unpaired) electrons. The van der Waals surface area contributed by atoms with Crippen LogP contribution < -0.4 is 0 Å². The highest BCUT2D eigenvalue weighted by Crippen LogP contribution is 2.33. The molecular formula is C5H7F3NO3P. The van der Waals surface area contributed by atoms with Crippen molar-refractivity contribution in [2.24, 2.45) is 0 Å². The molecule has 0 heterocycles. The van der Waals surface area contributed by atoms with E-state index in [1.807, 2.05) is 0 Å². The van der Waals surface area contributed by atoms with Crippen molar-refractivity contribution >= 4 is 14.8 Å². The van der Waals surface area contributed by atoms with E-state index in [4.69, 9.17) is 5.16 Å². The van der Waals surface area contributed by atoms with Gasteiger partial charge in [-0.05, 0) is 13.8 Å². The molecule has 0 amide bonds. The molecule has 76 valence electrons. The first-order valence-corrected chi connectivity index (χ1v) is 3.85. The molecule has 0 aromatic heterocycles. The lowest BCUT2D eigenvalue weighted by Gasteiger charge is -2.26. The van der Waals surface area contributed by atoms with Crippen molar-refractivity contribution in [1.29, 1.82) is 5.16 Å². The Kier molecular flexibility index (Phi) is 3.66. The van der Waals surface area contributed by atoms with Crippen molar-refractivity contribution in [3.63, 3.8) is 0 Å². The number of nitrogens with one attached hydrogen (secondary N) is 1. The molecule has 0 unspecified atom stereocenters. The first-order valence-electron chi connectivity index (χ1n) is 3.04. The minimum atomic E-state index is -4.66. The van der Waals surface area contributed by atoms with Gasteiger partial charge < -0.3 is 9.26 Å². The van der Waals surface area contributed by atoms with Crippen LogP contribution in [0.4, 0.5) is 18.0 Å². The molecular weight excluding hydrogens is 210 g/mol. The topological polar surface area (TPSA) is 59.4 Å². The van der Waals surface area contributed by atoms with E-state index in [-0.39, 0.29) is 0 Å². The fourth-order valence-electron chi connectivity index (χ4n) is 0.322. The molecule has 1 N–H and O–H groups in total. The number of carbonyl (C=O) groups excluding carboxylic acids is 1. The van der Waals surface area contributed by atoms with E-state index < -0.39 is 26.5 Å². The zero-order valence-corrected chi connectivity index (χ0v) is 7.70. The molecule has 0 aromatic carbocycles. The summed E-state index contributed by atoms with van der Waals surface area (Å²) in [6, 6.07) is 0. The van der Waals surface area contributed by atoms with E-state index in [0.717, 1.165) is 0 Å². The second-order valence-corrected chi connectivity index (χ2v) is 2.91. The van der Waals surface area contributed by atoms with Crippen molar-refractivity contribution in [3.8, 4) is 0 Å². The van der Waals surface area contributed by atoms with Gasteiger partial charge in [-0.1, -0.05) is 0 Å². The van der Waals surface area contributed by atoms with Gasteiger partial charge in [0.05, 0.1) is 0 Å². The maximum absolute atomic E-state index is 12.1. The number of alkyl halides is 3. The molecule has 0 aliphatic carbocycles. The molecule has 0 rings (SSSR count). The first-order chi connectivity index (χ1) is 5.70. The molecule has 0 fully saturated rings. The van der Waals surface area contributed by atoms with E-state index in [2.05, 4.69) is 9.26 Å². The van der Waals surface area contributed by atoms with Crippen LogP contribution >= 0.6 is 8.60 Å². The van der Waals surface area contributed by atoms with Crippen LogP contribution in [0.5, 0.6) is 0 Å². The summed E-state index contributed by atoms with van der Waals surface area (Å²) in [6.45, 7) is 1.38. The SMILES string of the molecule is CC(C)(OC(=O)OP=N)C(F)(F)F. The zero-order chi connectivity index (χ0) is 10.7. The van der Waals surface area contributed by atoms with Gasteiger partial charge in [-0.15, -0.1) is 0 Å². The van der Waals surface area contributed by atoms with Gasteiger partial charge in [0.15, 0.2) is 0 Å². The maximum Gasteiger partial charge on any atom is 0.518 e. The van der Waals surface area contributed by atoms with Crippen molar-refractivity contribution < 1.29 is 27.2 Å². The van der Waals surface area contributed by atoms with Crippen LogP contribution in [0.3, 0.4) is 0 Å². The number of rotatable bonds is 2. The first kappa shape index (κ1) is 12.2. The molecule has 0 aliphatic heterocycles. The van der Waals surface area contributed by atoms with E-state index >= 15 is 0 Å². The maximum atomic E-state index is 12.1. The smallest absolute Gasteiger partial charge is 0.418 e. The third kappa shape index (κ3) is 3.59. The summed E-state index contributed by atoms with van der Waals surface area (Å²) in [6.07, 6.45) is -6.18. The van der Waals surface area contributed by atoms with Gasteiger partial charge in [0.25, 0.3) is 0 Å². The Hall–Kier alpha value is -0.840. The van der Waals surface area contributed by atoms with Gasteiger partial charge in [0.1, 0.15) is 0 Å². The molecule has 4 nitrogen and oxygen atoms in total. The fraction of sp³-hybridized carbons (Fsp3) is 0.800. The van der Waals surface area contributed by atoms with Gasteiger partial charge in [0.2, 0.25) is 14.2 Å². The Balaban J connectivity index is 4.33. The predicted molar refractivity (Wildman–Crippen MR) is 37.3 cm³/mol. The molecule has 0 aromatic rings. The third-order valence-corrected chi connectivity index (χ3v) is 1.38. The van der Waals surface area contributed by atoms with Crippen LogP contribution in [0.15, 0.2) is 0 Å². The summed E-state index contributed by atoms with van der Waals surface area (Å²) in [5.41, 5.74) is -2.60. The highest BCUT2D eigenvalue weighted by Gasteiger charge is 2.51. The van der Waals surface area contributed by atoms with Crippen molar-refractivity contribution in [3.05, 3.63) is 0 Å². The highest BCUT2D eigenvalue weighted by atomic mass is 31.1. The standard InChI is InChI=1S/C5H7F3NO3P/c1-4(2,5(6,7)8)11-3(10)12-13-9/h9H,1-2H3. The lowest BCUT2D eigenvalue weighted by molar-refractivity contribution is -0.247. The number of hydrogen-bond donors (Lipinski definition) is 1. The van der Waals surface area contributed by atoms with E-state index in [1.165, 1.54) is 0 Å². The Morgan fingerprint density at radius 2 is 1.85 bits per heavy atom. The summed E-state index contributed by atoms with van der Waals surface area (Å²) in [5, 5.41) is 6.36. The number of halogens is 3. The largest absolute Gasteiger partial charge is 0.518 e. The lowest BCUT2D eigenvalue weighted by Crippen LogP contribution is -2.43. The van der Waals surface area contributed by atoms with Gasteiger partial charge >= 0.3 is 12.3 Å². The van der Waals surface area contributed by atoms with E-state index in [0.29, 0.717) is 13.8 Å². The van der Waals surface area contributed by atoms with Crippen LogP contribution in [-0.4, -0.2) is 17.9 Å². The third-order valence-electron chi connectivity index (χ3n) is 1.14. The second kappa shape index (κ2) is 3.91. The summed E-state index contributed by atoms with van der Waals surface area (Å²) >= 11 is 0. The molecule has 0 bridgehead atoms. The normalized spacial score (nSPS) is 12.7. The van der Waals surface area contributed by atoms with Gasteiger partial charge in [-0.25, -0.2) is 9.96 Å². The Bertz CT molecular complexity index is 216. The second-order valence-electron chi connectivity index (χ2n) is 2.54. The molecule has 13 heavy (non-hydrogen) atoms. The Morgan fingerprint density at radius 3 is 2.15 bits per heavy atom. The molecule has 0 aliphatic rings. The van der Waals surface area contributed by atoms with Gasteiger partial charge in [-0.2, -0.15) is 13.2 Å². The molecule has 8 heteroatoms. The monoisotopic (exact) mass is 217 g/mol. The fourth-order valence-corrected chi connectivity index (χ4v) is 0.434. The average molecular weight is 217 g/mol. The Morgan fingerprint density at radius 1 is 1.38 bits per heavy atom. The molecule has 0 spiro atoms. The van der Waals surface area contributed by atoms with Crippen LogP contribution in [0.1, 0.15) is 13.8 Å². The number of carbonyl (C=O) groups is 1. The van der Waals surface area contributed by atoms with Crippen molar-refractivity contribution in [2.45, 2.75) is 25.6 Å². The number of ether oxygens (including phenoxy) is 1. The zero-order valence-electron chi connectivity index (χ0n) is 6.81. The van der Waals surface area contributed by atoms with Gasteiger partial charge in [0, 0.05) is 0 Å². The number of hydrogen-bond acceptors (Lipinski definition) is 4. The lowest BCUT2D eigenvalue weighted by atomic mass is 10.1. The average Bonchev–Trinajstić information content (AvgIpc) is 1.83. The van der Waals surface area contributed by atoms with Crippen molar-refractivity contribution in [1.82, 2.24) is 0 Å². The van der Waals surface area contributed by atoms with Crippen LogP contribution in [0.2, 0.25) is 0 Å². The van der Waals surface area contributed by atoms with Gasteiger partial charge in [-0.3, -0.25) is 0 Å². The molecule has 0 saturated heterocycles. The summed E-state index contributed by atoms with van der Waals surface area (Å²) in [7, 11) is -0.558. The molecule has 0 saturated carbocycles. The van der Waals surface area contributed by atoms with E-state index in [1.54, 1.807) is 0 Å². The highest BCUT2D eigenvalue weighted by molar-refractivity contribution is 7.19. The molecule has 0 atom stereocenters. The Labute approximate surface area is 73.8 Å². The van der Waals surface area contributed by atoms with Crippen molar-refractivity contribution in [2.75, 3.05) is 0 Å². The minimum Gasteiger partial charge on any atom is -0.418 e. The quantitative estimate of drug-likeness (QED) is 0.571. The van der Waals surface area contributed by atoms with Crippen LogP contribution in [-0.2, 0) is 9.26 Å². The predicted octanol–water partition coefficient (Wildman–Crippen LogP) is 3.10. The van der Waals surface area contributed by atoms with E-state index in [9.17, 15) is 18.0 Å². The summed E-state index contributed by atoms with van der Waals surface area (Å²) in [5.74, 6) is 0. The summed E-state index contributed by atoms with van der Waals surface area (Å²) in [4.78, 5) is 10.4.